The summed E-state index contributed by atoms with van der Waals surface area (Å²) in [6.45, 7) is 10.0. The molecule has 0 aromatic rings. The highest BCUT2D eigenvalue weighted by atomic mass is 15.0. The molecule has 2 N–H and O–H groups in total. The van der Waals surface area contributed by atoms with Crippen LogP contribution in [0.2, 0.25) is 0 Å². The van der Waals surface area contributed by atoms with Gasteiger partial charge in [-0.2, -0.15) is 7.05 Å². The summed E-state index contributed by atoms with van der Waals surface area (Å²) in [5.74, 6) is 4.71. The average Bonchev–Trinajstić information content (AvgIpc) is 2.69. The van der Waals surface area contributed by atoms with Gasteiger partial charge in [0.15, 0.2) is 0 Å². The van der Waals surface area contributed by atoms with Crippen LogP contribution in [0, 0.1) is 42.1 Å². The monoisotopic (exact) mass is 235 g/mol. The largest absolute Gasteiger partial charge is 0.473 e. The molecule has 0 heterocycles. The molecule has 3 fully saturated rings. The molecule has 1 nitrogen and oxygen atoms in total. The summed E-state index contributed by atoms with van der Waals surface area (Å²) < 4.78 is 0. The van der Waals surface area contributed by atoms with Crippen LogP contribution in [0.15, 0.2) is 0 Å². The van der Waals surface area contributed by atoms with Crippen LogP contribution in [0.25, 0.3) is 0 Å². The molecule has 0 bridgehead atoms. The molecule has 3 saturated carbocycles. The number of quaternary nitrogens is 1. The third-order valence-electron chi connectivity index (χ3n) is 7.00. The molecule has 0 aromatic heterocycles. The summed E-state index contributed by atoms with van der Waals surface area (Å²) >= 11 is 0. The standard InChI is InChI=1S/C16H29N/c1-10-8-9-16(17-5)11(2)6-7-12-14(13(10)16)15(12,3)4/h10-14H,5-9,17H2,1-4H3. The molecule has 17 heavy (non-hydrogen) atoms. The lowest BCUT2D eigenvalue weighted by Crippen LogP contribution is -2.94. The molecule has 6 atom stereocenters. The fourth-order valence-corrected chi connectivity index (χ4v) is 5.81. The van der Waals surface area contributed by atoms with E-state index >= 15 is 0 Å². The van der Waals surface area contributed by atoms with Crippen molar-refractivity contribution in [3.63, 3.8) is 0 Å². The molecule has 0 aliphatic heterocycles. The average molecular weight is 235 g/mol. The maximum Gasteiger partial charge on any atom is 0.0783 e. The fraction of sp³-hybridized carbons (Fsp3) is 0.938. The van der Waals surface area contributed by atoms with Gasteiger partial charge in [0.2, 0.25) is 0 Å². The smallest absolute Gasteiger partial charge is 0.0783 e. The lowest BCUT2D eigenvalue weighted by molar-refractivity contribution is -0.692. The molecular weight excluding hydrogens is 206 g/mol. The zero-order valence-electron chi connectivity index (χ0n) is 12.0. The van der Waals surface area contributed by atoms with Gasteiger partial charge in [-0.15, -0.1) is 0 Å². The van der Waals surface area contributed by atoms with Gasteiger partial charge in [-0.05, 0) is 42.4 Å². The van der Waals surface area contributed by atoms with Crippen molar-refractivity contribution in [2.75, 3.05) is 0 Å². The molecular formula is C16H29N. The van der Waals surface area contributed by atoms with E-state index in [0.717, 1.165) is 29.6 Å². The Hall–Kier alpha value is -0.0400. The first kappa shape index (κ1) is 12.0. The van der Waals surface area contributed by atoms with Crippen molar-refractivity contribution in [2.45, 2.75) is 58.9 Å². The zero-order chi connectivity index (χ0) is 12.4. The van der Waals surface area contributed by atoms with Crippen LogP contribution in [0.1, 0.15) is 53.4 Å². The van der Waals surface area contributed by atoms with Crippen molar-refractivity contribution >= 4 is 0 Å². The molecule has 0 radical (unpaired) electrons. The molecule has 3 aliphatic carbocycles. The maximum absolute atomic E-state index is 4.25. The third kappa shape index (κ3) is 1.35. The van der Waals surface area contributed by atoms with Crippen molar-refractivity contribution in [3.8, 4) is 0 Å². The van der Waals surface area contributed by atoms with E-state index in [0.29, 0.717) is 11.0 Å². The first-order chi connectivity index (χ1) is 7.95. The van der Waals surface area contributed by atoms with Crippen molar-refractivity contribution in [1.29, 1.82) is 0 Å². The van der Waals surface area contributed by atoms with E-state index in [1.807, 2.05) is 0 Å². The zero-order valence-corrected chi connectivity index (χ0v) is 12.0. The summed E-state index contributed by atoms with van der Waals surface area (Å²) in [6, 6.07) is 0. The predicted octanol–water partition coefficient (Wildman–Crippen LogP) is 2.83. The molecule has 6 unspecified atom stereocenters. The number of hydrogen-bond acceptors (Lipinski definition) is 0. The van der Waals surface area contributed by atoms with Crippen LogP contribution in [-0.4, -0.2) is 5.54 Å². The van der Waals surface area contributed by atoms with Crippen molar-refractivity contribution < 1.29 is 5.32 Å². The first-order valence-electron chi connectivity index (χ1n) is 7.58. The van der Waals surface area contributed by atoms with Crippen molar-refractivity contribution in [1.82, 2.24) is 0 Å². The number of rotatable bonds is 1. The van der Waals surface area contributed by atoms with Crippen LogP contribution in [0.5, 0.6) is 0 Å². The molecule has 0 spiro atoms. The Morgan fingerprint density at radius 1 is 1.06 bits per heavy atom. The normalized spacial score (nSPS) is 55.9. The van der Waals surface area contributed by atoms with E-state index in [4.69, 9.17) is 0 Å². The van der Waals surface area contributed by atoms with Crippen molar-refractivity contribution in [2.24, 2.45) is 35.0 Å². The molecule has 98 valence electrons. The van der Waals surface area contributed by atoms with E-state index in [-0.39, 0.29) is 0 Å². The van der Waals surface area contributed by atoms with Gasteiger partial charge >= 0.3 is 0 Å². The fourth-order valence-electron chi connectivity index (χ4n) is 5.81. The summed E-state index contributed by atoms with van der Waals surface area (Å²) in [4.78, 5) is 0. The van der Waals surface area contributed by atoms with Gasteiger partial charge in [-0.3, -0.25) is 0 Å². The topological polar surface area (TPSA) is 16.6 Å². The number of nitrogens with two attached hydrogens (primary N) is 1. The van der Waals surface area contributed by atoms with Crippen LogP contribution < -0.4 is 5.32 Å². The van der Waals surface area contributed by atoms with Crippen LogP contribution in [0.3, 0.4) is 0 Å². The van der Waals surface area contributed by atoms with Gasteiger partial charge < -0.3 is 5.32 Å². The molecule has 0 amide bonds. The Bertz CT molecular complexity index is 321. The lowest BCUT2D eigenvalue weighted by Gasteiger charge is -2.41. The van der Waals surface area contributed by atoms with E-state index in [2.05, 4.69) is 40.1 Å². The Morgan fingerprint density at radius 2 is 1.76 bits per heavy atom. The second-order valence-electron chi connectivity index (χ2n) is 7.79. The minimum Gasteiger partial charge on any atom is -0.473 e. The van der Waals surface area contributed by atoms with Crippen molar-refractivity contribution in [3.05, 3.63) is 7.05 Å². The molecule has 1 heteroatoms. The minimum absolute atomic E-state index is 0.479. The third-order valence-corrected chi connectivity index (χ3v) is 7.00. The summed E-state index contributed by atoms with van der Waals surface area (Å²) in [6.07, 6.45) is 5.74. The molecule has 3 aliphatic rings. The summed E-state index contributed by atoms with van der Waals surface area (Å²) in [7, 11) is 4.25. The second kappa shape index (κ2) is 3.50. The number of fused-ring (bicyclic) bond motifs is 3. The van der Waals surface area contributed by atoms with Gasteiger partial charge in [-0.1, -0.05) is 27.7 Å². The SMILES string of the molecule is [CH2-][NH2+]C12CCC(C)C1C1C(CCC2C)C1(C)C. The highest BCUT2D eigenvalue weighted by Gasteiger charge is 2.69. The molecule has 0 saturated heterocycles. The van der Waals surface area contributed by atoms with Crippen LogP contribution in [-0.2, 0) is 0 Å². The van der Waals surface area contributed by atoms with E-state index < -0.39 is 0 Å². The summed E-state index contributed by atoms with van der Waals surface area (Å²) in [5, 5.41) is 2.36. The second-order valence-corrected chi connectivity index (χ2v) is 7.79. The Balaban J connectivity index is 2.00. The Morgan fingerprint density at radius 3 is 2.41 bits per heavy atom. The van der Waals surface area contributed by atoms with Crippen LogP contribution >= 0.6 is 0 Å². The highest BCUT2D eigenvalue weighted by Crippen LogP contribution is 2.70. The maximum atomic E-state index is 4.25. The van der Waals surface area contributed by atoms with E-state index in [9.17, 15) is 0 Å². The predicted molar refractivity (Wildman–Crippen MR) is 71.1 cm³/mol. The quantitative estimate of drug-likeness (QED) is 0.673. The van der Waals surface area contributed by atoms with Gasteiger partial charge in [-0.25, -0.2) is 0 Å². The van der Waals surface area contributed by atoms with E-state index in [1.54, 1.807) is 0 Å². The van der Waals surface area contributed by atoms with Gasteiger partial charge in [0.25, 0.3) is 0 Å². The first-order valence-corrected chi connectivity index (χ1v) is 7.58. The molecule has 0 aromatic carbocycles. The lowest BCUT2D eigenvalue weighted by atomic mass is 9.71. The van der Waals surface area contributed by atoms with Gasteiger partial charge in [0.1, 0.15) is 0 Å². The molecule has 3 rings (SSSR count). The van der Waals surface area contributed by atoms with Crippen LogP contribution in [0.4, 0.5) is 0 Å². The van der Waals surface area contributed by atoms with E-state index in [1.165, 1.54) is 25.7 Å². The Labute approximate surface area is 107 Å². The van der Waals surface area contributed by atoms with Gasteiger partial charge in [0.05, 0.1) is 5.54 Å². The summed E-state index contributed by atoms with van der Waals surface area (Å²) in [5.41, 5.74) is 1.10. The minimum atomic E-state index is 0.479. The van der Waals surface area contributed by atoms with Gasteiger partial charge in [0, 0.05) is 18.3 Å². The Kier molecular flexibility index (Phi) is 2.47. The highest BCUT2D eigenvalue weighted by molar-refractivity contribution is 5.17. The number of hydrogen-bond donors (Lipinski definition) is 1.